The normalized spacial score (nSPS) is 12.7. The summed E-state index contributed by atoms with van der Waals surface area (Å²) in [6.07, 6.45) is 3.13. The number of allylic oxidation sites excluding steroid dienone is 1. The van der Waals surface area contributed by atoms with Crippen molar-refractivity contribution in [2.75, 3.05) is 6.79 Å². The number of carbonyl (C=O) groups excluding carboxylic acids is 1. The Hall–Kier alpha value is -2.76. The maximum atomic E-state index is 12.5. The van der Waals surface area contributed by atoms with Crippen LogP contribution in [0.15, 0.2) is 48.5 Å². The Morgan fingerprint density at radius 2 is 1.96 bits per heavy atom. The second kappa shape index (κ2) is 7.10. The van der Waals surface area contributed by atoms with Crippen LogP contribution in [0.5, 0.6) is 11.5 Å². The van der Waals surface area contributed by atoms with E-state index in [2.05, 4.69) is 5.10 Å². The summed E-state index contributed by atoms with van der Waals surface area (Å²) >= 11 is 12.5. The smallest absolute Gasteiger partial charge is 0.231 e. The Kier molecular flexibility index (Phi) is 4.64. The number of fused-ring (bicyclic) bond motifs is 1. The number of ketones is 1. The molecule has 2 heterocycles. The van der Waals surface area contributed by atoms with Gasteiger partial charge in [0.1, 0.15) is 5.15 Å². The van der Waals surface area contributed by atoms with Crippen molar-refractivity contribution in [1.29, 1.82) is 0 Å². The molecule has 7 heteroatoms. The topological polar surface area (TPSA) is 53.4 Å². The average molecular weight is 401 g/mol. The van der Waals surface area contributed by atoms with E-state index in [1.807, 2.05) is 19.1 Å². The van der Waals surface area contributed by atoms with Gasteiger partial charge in [-0.05, 0) is 55.5 Å². The molecule has 1 aliphatic heterocycles. The highest BCUT2D eigenvalue weighted by Gasteiger charge is 2.16. The summed E-state index contributed by atoms with van der Waals surface area (Å²) in [4.78, 5) is 12.5. The molecule has 27 heavy (non-hydrogen) atoms. The van der Waals surface area contributed by atoms with Crippen molar-refractivity contribution in [2.24, 2.45) is 0 Å². The van der Waals surface area contributed by atoms with E-state index in [0.29, 0.717) is 38.5 Å². The van der Waals surface area contributed by atoms with Crippen molar-refractivity contribution in [3.8, 4) is 17.2 Å². The van der Waals surface area contributed by atoms with Gasteiger partial charge in [-0.2, -0.15) is 5.10 Å². The first kappa shape index (κ1) is 17.6. The van der Waals surface area contributed by atoms with Gasteiger partial charge in [0.15, 0.2) is 17.3 Å². The molecule has 0 atom stereocenters. The molecule has 0 N–H and O–H groups in total. The molecular weight excluding hydrogens is 387 g/mol. The Morgan fingerprint density at radius 3 is 2.78 bits per heavy atom. The first-order valence-electron chi connectivity index (χ1n) is 8.16. The highest BCUT2D eigenvalue weighted by molar-refractivity contribution is 6.32. The minimum absolute atomic E-state index is 0.167. The number of rotatable bonds is 4. The van der Waals surface area contributed by atoms with Gasteiger partial charge in [-0.15, -0.1) is 0 Å². The first-order valence-corrected chi connectivity index (χ1v) is 8.91. The van der Waals surface area contributed by atoms with Crippen LogP contribution < -0.4 is 9.47 Å². The number of carbonyl (C=O) groups is 1. The van der Waals surface area contributed by atoms with E-state index in [-0.39, 0.29) is 12.6 Å². The summed E-state index contributed by atoms with van der Waals surface area (Å²) in [5.74, 6) is 1.04. The third kappa shape index (κ3) is 3.44. The molecule has 1 aromatic heterocycles. The summed E-state index contributed by atoms with van der Waals surface area (Å²) in [6, 6.07) is 12.3. The molecule has 0 fully saturated rings. The Morgan fingerprint density at radius 1 is 1.15 bits per heavy atom. The van der Waals surface area contributed by atoms with Crippen molar-refractivity contribution < 1.29 is 14.3 Å². The summed E-state index contributed by atoms with van der Waals surface area (Å²) in [5, 5.41) is 5.44. The van der Waals surface area contributed by atoms with Crippen LogP contribution >= 0.6 is 23.2 Å². The molecule has 0 saturated heterocycles. The van der Waals surface area contributed by atoms with Gasteiger partial charge in [0.05, 0.1) is 11.4 Å². The summed E-state index contributed by atoms with van der Waals surface area (Å²) < 4.78 is 12.2. The van der Waals surface area contributed by atoms with Crippen LogP contribution in [-0.2, 0) is 0 Å². The van der Waals surface area contributed by atoms with Crippen LogP contribution in [0.1, 0.15) is 21.6 Å². The molecule has 0 radical (unpaired) electrons. The molecule has 0 saturated carbocycles. The van der Waals surface area contributed by atoms with Crippen LogP contribution in [-0.4, -0.2) is 22.4 Å². The number of aryl methyl sites for hydroxylation is 1. The predicted molar refractivity (Wildman–Crippen MR) is 104 cm³/mol. The number of hydrogen-bond acceptors (Lipinski definition) is 4. The van der Waals surface area contributed by atoms with E-state index >= 15 is 0 Å². The highest BCUT2D eigenvalue weighted by Crippen LogP contribution is 2.33. The molecule has 5 nitrogen and oxygen atoms in total. The molecule has 136 valence electrons. The van der Waals surface area contributed by atoms with E-state index in [4.69, 9.17) is 32.7 Å². The maximum Gasteiger partial charge on any atom is 0.231 e. The van der Waals surface area contributed by atoms with Crippen LogP contribution in [0, 0.1) is 6.92 Å². The third-order valence-electron chi connectivity index (χ3n) is 4.16. The first-order chi connectivity index (χ1) is 13.0. The molecule has 1 aliphatic rings. The molecule has 0 amide bonds. The predicted octanol–water partition coefficient (Wildman–Crippen LogP) is 5.11. The number of hydrogen-bond donors (Lipinski definition) is 0. The standard InChI is InChI=1S/C20H14Cl2N2O3/c1-12-16(20(22)24(23-12)15-4-2-3-14(21)10-15)6-7-17(25)13-5-8-18-19(9-13)27-11-26-18/h2-10H,11H2,1H3/b7-6+. The monoisotopic (exact) mass is 400 g/mol. The maximum absolute atomic E-state index is 12.5. The lowest BCUT2D eigenvalue weighted by Gasteiger charge is -2.03. The lowest BCUT2D eigenvalue weighted by Crippen LogP contribution is -1.96. The van der Waals surface area contributed by atoms with Gasteiger partial charge >= 0.3 is 0 Å². The molecular formula is C20H14Cl2N2O3. The minimum atomic E-state index is -0.167. The number of aromatic nitrogens is 2. The molecule has 3 aromatic rings. The molecule has 0 spiro atoms. The Labute approximate surface area is 165 Å². The van der Waals surface area contributed by atoms with Gasteiger partial charge in [-0.1, -0.05) is 29.3 Å². The van der Waals surface area contributed by atoms with E-state index in [0.717, 1.165) is 5.69 Å². The molecule has 0 unspecified atom stereocenters. The average Bonchev–Trinajstić information content (AvgIpc) is 3.23. The summed E-state index contributed by atoms with van der Waals surface area (Å²) in [5.41, 5.74) is 2.63. The van der Waals surface area contributed by atoms with Crippen molar-refractivity contribution in [1.82, 2.24) is 9.78 Å². The zero-order valence-electron chi connectivity index (χ0n) is 14.3. The summed E-state index contributed by atoms with van der Waals surface area (Å²) in [7, 11) is 0. The number of benzene rings is 2. The van der Waals surface area contributed by atoms with Crippen molar-refractivity contribution >= 4 is 35.1 Å². The fraction of sp³-hybridized carbons (Fsp3) is 0.100. The lowest BCUT2D eigenvalue weighted by atomic mass is 10.1. The fourth-order valence-electron chi connectivity index (χ4n) is 2.78. The quantitative estimate of drug-likeness (QED) is 0.450. The van der Waals surface area contributed by atoms with E-state index in [9.17, 15) is 4.79 Å². The van der Waals surface area contributed by atoms with Crippen molar-refractivity contribution in [3.63, 3.8) is 0 Å². The third-order valence-corrected chi connectivity index (χ3v) is 4.76. The minimum Gasteiger partial charge on any atom is -0.454 e. The van der Waals surface area contributed by atoms with Gasteiger partial charge in [0, 0.05) is 16.1 Å². The van der Waals surface area contributed by atoms with Gasteiger partial charge in [0.2, 0.25) is 6.79 Å². The van der Waals surface area contributed by atoms with E-state index in [1.165, 1.54) is 6.08 Å². The summed E-state index contributed by atoms with van der Waals surface area (Å²) in [6.45, 7) is 2.00. The highest BCUT2D eigenvalue weighted by atomic mass is 35.5. The molecule has 4 rings (SSSR count). The van der Waals surface area contributed by atoms with Crippen LogP contribution in [0.25, 0.3) is 11.8 Å². The largest absolute Gasteiger partial charge is 0.454 e. The van der Waals surface area contributed by atoms with Gasteiger partial charge < -0.3 is 9.47 Å². The van der Waals surface area contributed by atoms with Crippen LogP contribution in [0.2, 0.25) is 10.2 Å². The van der Waals surface area contributed by atoms with E-state index in [1.54, 1.807) is 41.1 Å². The lowest BCUT2D eigenvalue weighted by molar-refractivity contribution is 0.104. The number of ether oxygens (including phenoxy) is 2. The van der Waals surface area contributed by atoms with Crippen LogP contribution in [0.4, 0.5) is 0 Å². The second-order valence-corrected chi connectivity index (χ2v) is 6.74. The van der Waals surface area contributed by atoms with Crippen LogP contribution in [0.3, 0.4) is 0 Å². The van der Waals surface area contributed by atoms with Gasteiger partial charge in [0.25, 0.3) is 0 Å². The van der Waals surface area contributed by atoms with Gasteiger partial charge in [-0.3, -0.25) is 4.79 Å². The Balaban J connectivity index is 1.62. The van der Waals surface area contributed by atoms with E-state index < -0.39 is 0 Å². The SMILES string of the molecule is Cc1nn(-c2cccc(Cl)c2)c(Cl)c1/C=C/C(=O)c1ccc2c(c1)OCO2. The molecule has 0 aliphatic carbocycles. The molecule has 2 aromatic carbocycles. The Bertz CT molecular complexity index is 1070. The van der Waals surface area contributed by atoms with Crippen molar-refractivity contribution in [3.05, 3.63) is 75.5 Å². The fourth-order valence-corrected chi connectivity index (χ4v) is 3.30. The van der Waals surface area contributed by atoms with Gasteiger partial charge in [-0.25, -0.2) is 4.68 Å². The second-order valence-electron chi connectivity index (χ2n) is 5.95. The number of nitrogens with zero attached hydrogens (tertiary/aromatic N) is 2. The zero-order valence-corrected chi connectivity index (χ0v) is 15.8. The molecule has 0 bridgehead atoms. The number of halogens is 2. The van der Waals surface area contributed by atoms with Crippen molar-refractivity contribution in [2.45, 2.75) is 6.92 Å². The zero-order chi connectivity index (χ0) is 19.0.